The first-order valence-corrected chi connectivity index (χ1v) is 7.01. The number of esters is 1. The third kappa shape index (κ3) is 2.36. The summed E-state index contributed by atoms with van der Waals surface area (Å²) in [5.41, 5.74) is 0.916. The number of benzene rings is 2. The maximum absolute atomic E-state index is 11.8. The van der Waals surface area contributed by atoms with Crippen LogP contribution in [0.2, 0.25) is 0 Å². The first-order chi connectivity index (χ1) is 9.79. The van der Waals surface area contributed by atoms with Crippen molar-refractivity contribution in [2.24, 2.45) is 5.92 Å². The summed E-state index contributed by atoms with van der Waals surface area (Å²) in [4.78, 5) is 11.8. The van der Waals surface area contributed by atoms with Crippen molar-refractivity contribution in [2.45, 2.75) is 25.9 Å². The molecule has 3 rings (SSSR count). The van der Waals surface area contributed by atoms with Gasteiger partial charge in [0.1, 0.15) is 12.4 Å². The molecule has 0 aromatic heterocycles. The van der Waals surface area contributed by atoms with Gasteiger partial charge in [0, 0.05) is 10.9 Å². The molecule has 0 unspecified atom stereocenters. The fraction of sp³-hybridized carbons (Fsp3) is 0.353. The lowest BCUT2D eigenvalue weighted by Gasteiger charge is -2.23. The van der Waals surface area contributed by atoms with Crippen molar-refractivity contribution in [3.05, 3.63) is 42.0 Å². The van der Waals surface area contributed by atoms with Crippen LogP contribution in [0.25, 0.3) is 10.8 Å². The van der Waals surface area contributed by atoms with E-state index < -0.39 is 0 Å². The SMILES string of the molecule is COc1c(COC(=O)C2CCC2)ccc2ccccc12. The fourth-order valence-electron chi connectivity index (χ4n) is 2.55. The Bertz CT molecular complexity index is 629. The van der Waals surface area contributed by atoms with Crippen molar-refractivity contribution in [1.29, 1.82) is 0 Å². The highest BCUT2D eigenvalue weighted by atomic mass is 16.5. The van der Waals surface area contributed by atoms with Crippen molar-refractivity contribution < 1.29 is 14.3 Å². The monoisotopic (exact) mass is 270 g/mol. The van der Waals surface area contributed by atoms with E-state index in [9.17, 15) is 4.79 Å². The second-order valence-electron chi connectivity index (χ2n) is 5.21. The zero-order chi connectivity index (χ0) is 13.9. The second-order valence-corrected chi connectivity index (χ2v) is 5.21. The van der Waals surface area contributed by atoms with Crippen molar-refractivity contribution in [2.75, 3.05) is 7.11 Å². The quantitative estimate of drug-likeness (QED) is 0.795. The predicted molar refractivity (Wildman–Crippen MR) is 77.6 cm³/mol. The van der Waals surface area contributed by atoms with E-state index in [2.05, 4.69) is 0 Å². The highest BCUT2D eigenvalue weighted by molar-refractivity contribution is 5.89. The van der Waals surface area contributed by atoms with Crippen molar-refractivity contribution in [1.82, 2.24) is 0 Å². The molecule has 1 saturated carbocycles. The Balaban J connectivity index is 1.81. The van der Waals surface area contributed by atoms with Crippen LogP contribution in [-0.4, -0.2) is 13.1 Å². The summed E-state index contributed by atoms with van der Waals surface area (Å²) in [6.45, 7) is 0.281. The third-order valence-electron chi connectivity index (χ3n) is 3.97. The van der Waals surface area contributed by atoms with Crippen LogP contribution in [0.15, 0.2) is 36.4 Å². The molecule has 0 aliphatic heterocycles. The molecule has 3 nitrogen and oxygen atoms in total. The summed E-state index contributed by atoms with van der Waals surface area (Å²) in [5.74, 6) is 0.831. The topological polar surface area (TPSA) is 35.5 Å². The van der Waals surface area contributed by atoms with E-state index >= 15 is 0 Å². The summed E-state index contributed by atoms with van der Waals surface area (Å²) in [6.07, 6.45) is 3.07. The summed E-state index contributed by atoms with van der Waals surface area (Å²) >= 11 is 0. The first kappa shape index (κ1) is 13.0. The van der Waals surface area contributed by atoms with E-state index in [0.29, 0.717) is 0 Å². The van der Waals surface area contributed by atoms with Crippen LogP contribution < -0.4 is 4.74 Å². The highest BCUT2D eigenvalue weighted by Crippen LogP contribution is 2.31. The normalized spacial score (nSPS) is 14.8. The number of carbonyl (C=O) groups excluding carboxylic acids is 1. The number of carbonyl (C=O) groups is 1. The standard InChI is InChI=1S/C17H18O3/c1-19-16-14(11-20-17(18)13-6-4-7-13)10-9-12-5-2-3-8-15(12)16/h2-3,5,8-10,13H,4,6-7,11H2,1H3. The van der Waals surface area contributed by atoms with Crippen LogP contribution in [0, 0.1) is 5.92 Å². The molecule has 2 aromatic rings. The van der Waals surface area contributed by atoms with Gasteiger partial charge in [0.2, 0.25) is 0 Å². The lowest BCUT2D eigenvalue weighted by Crippen LogP contribution is -2.24. The lowest BCUT2D eigenvalue weighted by atomic mass is 9.86. The lowest BCUT2D eigenvalue weighted by molar-refractivity contribution is -0.152. The smallest absolute Gasteiger partial charge is 0.309 e. The van der Waals surface area contributed by atoms with Crippen LogP contribution in [0.5, 0.6) is 5.75 Å². The van der Waals surface area contributed by atoms with E-state index in [1.807, 2.05) is 36.4 Å². The molecule has 0 saturated heterocycles. The molecule has 104 valence electrons. The molecule has 1 aliphatic carbocycles. The minimum Gasteiger partial charge on any atom is -0.496 e. The summed E-state index contributed by atoms with van der Waals surface area (Å²) in [6, 6.07) is 12.0. The molecule has 0 atom stereocenters. The Hall–Kier alpha value is -2.03. The molecule has 1 aliphatic rings. The average molecular weight is 270 g/mol. The van der Waals surface area contributed by atoms with Gasteiger partial charge in [-0.15, -0.1) is 0 Å². The number of rotatable bonds is 4. The molecule has 0 radical (unpaired) electrons. The van der Waals surface area contributed by atoms with Gasteiger partial charge in [0.05, 0.1) is 13.0 Å². The van der Waals surface area contributed by atoms with Crippen LogP contribution in [-0.2, 0) is 16.1 Å². The molecule has 0 heterocycles. The maximum atomic E-state index is 11.8. The largest absolute Gasteiger partial charge is 0.496 e. The predicted octanol–water partition coefficient (Wildman–Crippen LogP) is 3.69. The van der Waals surface area contributed by atoms with E-state index in [1.54, 1.807) is 7.11 Å². The Kier molecular flexibility index (Phi) is 3.59. The maximum Gasteiger partial charge on any atom is 0.309 e. The Labute approximate surface area is 118 Å². The fourth-order valence-corrected chi connectivity index (χ4v) is 2.55. The van der Waals surface area contributed by atoms with Crippen molar-refractivity contribution in [3.63, 3.8) is 0 Å². The van der Waals surface area contributed by atoms with Gasteiger partial charge in [-0.25, -0.2) is 0 Å². The van der Waals surface area contributed by atoms with Gasteiger partial charge in [0.15, 0.2) is 0 Å². The van der Waals surface area contributed by atoms with E-state index in [1.165, 1.54) is 0 Å². The van der Waals surface area contributed by atoms with E-state index in [4.69, 9.17) is 9.47 Å². The molecule has 20 heavy (non-hydrogen) atoms. The van der Waals surface area contributed by atoms with Gasteiger partial charge in [0.25, 0.3) is 0 Å². The van der Waals surface area contributed by atoms with Crippen molar-refractivity contribution in [3.8, 4) is 5.75 Å². The van der Waals surface area contributed by atoms with Gasteiger partial charge in [-0.1, -0.05) is 42.8 Å². The van der Waals surface area contributed by atoms with Crippen LogP contribution >= 0.6 is 0 Å². The summed E-state index contributed by atoms with van der Waals surface area (Å²) in [7, 11) is 1.65. The second kappa shape index (κ2) is 5.53. The van der Waals surface area contributed by atoms with Crippen LogP contribution in [0.3, 0.4) is 0 Å². The molecule has 2 aromatic carbocycles. The molecule has 3 heteroatoms. The third-order valence-corrected chi connectivity index (χ3v) is 3.97. The van der Waals surface area contributed by atoms with E-state index in [-0.39, 0.29) is 18.5 Å². The number of hydrogen-bond donors (Lipinski definition) is 0. The number of hydrogen-bond acceptors (Lipinski definition) is 3. The first-order valence-electron chi connectivity index (χ1n) is 7.01. The zero-order valence-electron chi connectivity index (χ0n) is 11.6. The molecular weight excluding hydrogens is 252 g/mol. The minimum atomic E-state index is -0.0774. The van der Waals surface area contributed by atoms with Crippen LogP contribution in [0.1, 0.15) is 24.8 Å². The Morgan fingerprint density at radius 1 is 1.20 bits per heavy atom. The summed E-state index contributed by atoms with van der Waals surface area (Å²) in [5, 5.41) is 2.17. The number of methoxy groups -OCH3 is 1. The molecule has 0 spiro atoms. The molecule has 0 N–H and O–H groups in total. The average Bonchev–Trinajstić information content (AvgIpc) is 2.42. The molecule has 1 fully saturated rings. The number of ether oxygens (including phenoxy) is 2. The molecule has 0 amide bonds. The van der Waals surface area contributed by atoms with Gasteiger partial charge in [-0.2, -0.15) is 0 Å². The summed E-state index contributed by atoms with van der Waals surface area (Å²) < 4.78 is 10.9. The van der Waals surface area contributed by atoms with Gasteiger partial charge in [-0.05, 0) is 18.2 Å². The Morgan fingerprint density at radius 2 is 2.00 bits per heavy atom. The Morgan fingerprint density at radius 3 is 2.70 bits per heavy atom. The van der Waals surface area contributed by atoms with Gasteiger partial charge in [-0.3, -0.25) is 4.79 Å². The van der Waals surface area contributed by atoms with Crippen LogP contribution in [0.4, 0.5) is 0 Å². The van der Waals surface area contributed by atoms with Gasteiger partial charge < -0.3 is 9.47 Å². The number of fused-ring (bicyclic) bond motifs is 1. The van der Waals surface area contributed by atoms with Gasteiger partial charge >= 0.3 is 5.97 Å². The minimum absolute atomic E-state index is 0.0774. The highest BCUT2D eigenvalue weighted by Gasteiger charge is 2.26. The van der Waals surface area contributed by atoms with E-state index in [0.717, 1.165) is 41.3 Å². The molecular formula is C17H18O3. The van der Waals surface area contributed by atoms with Crippen molar-refractivity contribution >= 4 is 16.7 Å². The zero-order valence-corrected chi connectivity index (χ0v) is 11.6. The molecule has 0 bridgehead atoms.